The van der Waals surface area contributed by atoms with Crippen molar-refractivity contribution in [1.82, 2.24) is 0 Å². The van der Waals surface area contributed by atoms with E-state index in [9.17, 15) is 19.7 Å². The van der Waals surface area contributed by atoms with E-state index in [0.717, 1.165) is 4.90 Å². The average Bonchev–Trinajstić information content (AvgIpc) is 3.23. The van der Waals surface area contributed by atoms with Crippen LogP contribution in [0.5, 0.6) is 0 Å². The third-order valence-electron chi connectivity index (χ3n) is 3.90. The van der Waals surface area contributed by atoms with E-state index in [1.54, 1.807) is 37.3 Å². The third-order valence-corrected chi connectivity index (χ3v) is 4.90. The number of anilines is 2. The molecular formula is C20H17N3O5S. The van der Waals surface area contributed by atoms with Gasteiger partial charge in [0.05, 0.1) is 16.9 Å². The van der Waals surface area contributed by atoms with Gasteiger partial charge >= 0.3 is 0 Å². The van der Waals surface area contributed by atoms with Gasteiger partial charge in [0.25, 0.3) is 11.6 Å². The van der Waals surface area contributed by atoms with E-state index in [0.29, 0.717) is 16.9 Å². The number of nitrogens with one attached hydrogen (secondary N) is 2. The van der Waals surface area contributed by atoms with E-state index in [2.05, 4.69) is 10.6 Å². The quantitative estimate of drug-likeness (QED) is 0.337. The smallest absolute Gasteiger partial charge is 0.291 e. The van der Waals surface area contributed by atoms with Gasteiger partial charge in [0.15, 0.2) is 5.76 Å². The second-order valence-electron chi connectivity index (χ2n) is 6.05. The molecule has 0 aliphatic heterocycles. The molecule has 0 aliphatic rings. The van der Waals surface area contributed by atoms with Crippen molar-refractivity contribution in [2.45, 2.75) is 11.8 Å². The largest absolute Gasteiger partial charge is 0.459 e. The predicted octanol–water partition coefficient (Wildman–Crippen LogP) is 4.48. The van der Waals surface area contributed by atoms with Crippen molar-refractivity contribution < 1.29 is 18.9 Å². The molecule has 0 bridgehead atoms. The van der Waals surface area contributed by atoms with Crippen molar-refractivity contribution in [1.29, 1.82) is 0 Å². The van der Waals surface area contributed by atoms with Crippen molar-refractivity contribution in [3.05, 3.63) is 82.3 Å². The van der Waals surface area contributed by atoms with Gasteiger partial charge in [-0.2, -0.15) is 0 Å². The normalized spacial score (nSPS) is 10.4. The maximum Gasteiger partial charge on any atom is 0.291 e. The zero-order valence-corrected chi connectivity index (χ0v) is 16.2. The van der Waals surface area contributed by atoms with E-state index >= 15 is 0 Å². The van der Waals surface area contributed by atoms with Crippen molar-refractivity contribution >= 4 is 40.6 Å². The number of benzene rings is 2. The highest BCUT2D eigenvalue weighted by atomic mass is 32.2. The maximum absolute atomic E-state index is 12.2. The first-order chi connectivity index (χ1) is 13.9. The number of nitro benzene ring substituents is 1. The number of rotatable bonds is 7. The molecule has 0 atom stereocenters. The first-order valence-corrected chi connectivity index (χ1v) is 9.53. The Bertz CT molecular complexity index is 1050. The van der Waals surface area contributed by atoms with Crippen LogP contribution in [0.1, 0.15) is 16.1 Å². The van der Waals surface area contributed by atoms with Crippen LogP contribution in [0.3, 0.4) is 0 Å². The monoisotopic (exact) mass is 411 g/mol. The number of thioether (sulfide) groups is 1. The van der Waals surface area contributed by atoms with Crippen LogP contribution >= 0.6 is 11.8 Å². The zero-order chi connectivity index (χ0) is 20.8. The summed E-state index contributed by atoms with van der Waals surface area (Å²) in [6, 6.07) is 14.6. The number of hydrogen-bond donors (Lipinski definition) is 2. The molecule has 0 saturated carbocycles. The van der Waals surface area contributed by atoms with Crippen LogP contribution in [0.15, 0.2) is 70.2 Å². The number of amides is 2. The van der Waals surface area contributed by atoms with E-state index < -0.39 is 4.92 Å². The molecule has 0 aliphatic carbocycles. The molecule has 0 radical (unpaired) electrons. The summed E-state index contributed by atoms with van der Waals surface area (Å²) in [5, 5.41) is 16.3. The third kappa shape index (κ3) is 5.45. The van der Waals surface area contributed by atoms with Gasteiger partial charge in [0.1, 0.15) is 0 Å². The number of carbonyl (C=O) groups is 2. The van der Waals surface area contributed by atoms with Gasteiger partial charge in [-0.1, -0.05) is 6.07 Å². The van der Waals surface area contributed by atoms with Crippen LogP contribution in [0.25, 0.3) is 0 Å². The minimum Gasteiger partial charge on any atom is -0.459 e. The minimum atomic E-state index is -0.480. The van der Waals surface area contributed by atoms with Crippen molar-refractivity contribution in [3.63, 3.8) is 0 Å². The average molecular weight is 411 g/mol. The molecule has 3 aromatic rings. The van der Waals surface area contributed by atoms with Gasteiger partial charge in [0, 0.05) is 28.4 Å². The van der Waals surface area contributed by atoms with Gasteiger partial charge in [-0.25, -0.2) is 0 Å². The summed E-state index contributed by atoms with van der Waals surface area (Å²) < 4.78 is 5.06. The standard InChI is InChI=1S/C20H17N3O5S/c1-13-10-15(23(26)27)7-8-17(13)22-19(24)12-29-16-5-2-4-14(11-16)21-20(25)18-6-3-9-28-18/h2-11H,12H2,1H3,(H,21,25)(H,22,24). The van der Waals surface area contributed by atoms with Gasteiger partial charge in [0.2, 0.25) is 5.91 Å². The summed E-state index contributed by atoms with van der Waals surface area (Å²) in [6.07, 6.45) is 1.42. The highest BCUT2D eigenvalue weighted by Gasteiger charge is 2.12. The highest BCUT2D eigenvalue weighted by molar-refractivity contribution is 8.00. The van der Waals surface area contributed by atoms with Gasteiger partial charge in [-0.3, -0.25) is 19.7 Å². The Morgan fingerprint density at radius 1 is 1.10 bits per heavy atom. The fourth-order valence-corrected chi connectivity index (χ4v) is 3.26. The van der Waals surface area contributed by atoms with Crippen LogP contribution in [-0.4, -0.2) is 22.5 Å². The Hall–Kier alpha value is -3.59. The molecule has 3 rings (SSSR count). The molecule has 1 heterocycles. The summed E-state index contributed by atoms with van der Waals surface area (Å²) in [5.74, 6) is -0.243. The number of aryl methyl sites for hydroxylation is 1. The molecule has 2 aromatic carbocycles. The fourth-order valence-electron chi connectivity index (χ4n) is 2.50. The minimum absolute atomic E-state index is 0.0247. The maximum atomic E-state index is 12.2. The lowest BCUT2D eigenvalue weighted by molar-refractivity contribution is -0.384. The van der Waals surface area contributed by atoms with Crippen LogP contribution in [-0.2, 0) is 4.79 Å². The molecule has 2 N–H and O–H groups in total. The molecule has 9 heteroatoms. The topological polar surface area (TPSA) is 114 Å². The van der Waals surface area contributed by atoms with E-state index in [4.69, 9.17) is 4.42 Å². The van der Waals surface area contributed by atoms with Crippen molar-refractivity contribution in [2.24, 2.45) is 0 Å². The van der Waals surface area contributed by atoms with Crippen LogP contribution in [0.2, 0.25) is 0 Å². The molecule has 0 unspecified atom stereocenters. The zero-order valence-electron chi connectivity index (χ0n) is 15.4. The Morgan fingerprint density at radius 2 is 1.93 bits per heavy atom. The van der Waals surface area contributed by atoms with Gasteiger partial charge in [-0.05, 0) is 48.9 Å². The first-order valence-electron chi connectivity index (χ1n) is 8.55. The number of carbonyl (C=O) groups excluding carboxylic acids is 2. The first kappa shape index (κ1) is 20.2. The highest BCUT2D eigenvalue weighted by Crippen LogP contribution is 2.24. The lowest BCUT2D eigenvalue weighted by atomic mass is 10.2. The fraction of sp³-hybridized carbons (Fsp3) is 0.100. The molecule has 148 valence electrons. The number of nitrogens with zero attached hydrogens (tertiary/aromatic N) is 1. The van der Waals surface area contributed by atoms with Crippen LogP contribution in [0.4, 0.5) is 17.1 Å². The summed E-state index contributed by atoms with van der Waals surface area (Å²) >= 11 is 1.31. The predicted molar refractivity (Wildman–Crippen MR) is 110 cm³/mol. The van der Waals surface area contributed by atoms with Gasteiger partial charge in [-0.15, -0.1) is 11.8 Å². The second kappa shape index (κ2) is 9.07. The molecule has 8 nitrogen and oxygen atoms in total. The number of hydrogen-bond acceptors (Lipinski definition) is 6. The molecule has 0 fully saturated rings. The molecular weight excluding hydrogens is 394 g/mol. The summed E-state index contributed by atoms with van der Waals surface area (Å²) in [7, 11) is 0. The summed E-state index contributed by atoms with van der Waals surface area (Å²) in [6.45, 7) is 1.70. The summed E-state index contributed by atoms with van der Waals surface area (Å²) in [5.41, 5.74) is 1.70. The van der Waals surface area contributed by atoms with Crippen LogP contribution in [0, 0.1) is 17.0 Å². The van der Waals surface area contributed by atoms with Crippen molar-refractivity contribution in [2.75, 3.05) is 16.4 Å². The number of furan rings is 1. The van der Waals surface area contributed by atoms with E-state index in [1.807, 2.05) is 6.07 Å². The Kier molecular flexibility index (Phi) is 6.30. The second-order valence-corrected chi connectivity index (χ2v) is 7.10. The number of nitro groups is 1. The molecule has 29 heavy (non-hydrogen) atoms. The SMILES string of the molecule is Cc1cc([N+](=O)[O-])ccc1NC(=O)CSc1cccc(NC(=O)c2ccco2)c1. The molecule has 0 saturated heterocycles. The van der Waals surface area contributed by atoms with E-state index in [1.165, 1.54) is 36.2 Å². The van der Waals surface area contributed by atoms with E-state index in [-0.39, 0.29) is 29.0 Å². The lowest BCUT2D eigenvalue weighted by Gasteiger charge is -2.09. The Morgan fingerprint density at radius 3 is 2.62 bits per heavy atom. The molecule has 1 aromatic heterocycles. The Balaban J connectivity index is 1.56. The van der Waals surface area contributed by atoms with Gasteiger partial charge < -0.3 is 15.1 Å². The lowest BCUT2D eigenvalue weighted by Crippen LogP contribution is -2.15. The molecule has 0 spiro atoms. The number of non-ortho nitro benzene ring substituents is 1. The van der Waals surface area contributed by atoms with Crippen molar-refractivity contribution in [3.8, 4) is 0 Å². The Labute approximate surface area is 170 Å². The summed E-state index contributed by atoms with van der Waals surface area (Å²) in [4.78, 5) is 35.4. The molecule has 2 amide bonds. The van der Waals surface area contributed by atoms with Crippen LogP contribution < -0.4 is 10.6 Å².